The quantitative estimate of drug-likeness (QED) is 0.716. The number of sulfonamides is 1. The molecule has 1 saturated heterocycles. The molecule has 1 aromatic heterocycles. The van der Waals surface area contributed by atoms with Gasteiger partial charge in [0.25, 0.3) is 0 Å². The molecule has 1 N–H and O–H groups in total. The predicted octanol–water partition coefficient (Wildman–Crippen LogP) is 2.36. The molecule has 0 saturated carbocycles. The van der Waals surface area contributed by atoms with Gasteiger partial charge in [-0.05, 0) is 36.2 Å². The van der Waals surface area contributed by atoms with Crippen molar-refractivity contribution in [3.05, 3.63) is 48.2 Å². The monoisotopic (exact) mass is 413 g/mol. The summed E-state index contributed by atoms with van der Waals surface area (Å²) in [6.45, 7) is -0.832. The minimum Gasteiger partial charge on any atom is -0.435 e. The van der Waals surface area contributed by atoms with E-state index in [-0.39, 0.29) is 10.6 Å². The van der Waals surface area contributed by atoms with Crippen molar-refractivity contribution < 1.29 is 26.7 Å². The van der Waals surface area contributed by atoms with Crippen molar-refractivity contribution in [2.24, 2.45) is 0 Å². The van der Waals surface area contributed by atoms with Crippen molar-refractivity contribution >= 4 is 15.8 Å². The number of hydrogen-bond donors (Lipinski definition) is 1. The topological polar surface area (TPSA) is 80.8 Å². The molecule has 0 unspecified atom stereocenters. The maximum Gasteiger partial charge on any atom is 0.387 e. The molecule has 0 bridgehead atoms. The van der Waals surface area contributed by atoms with Crippen LogP contribution < -0.4 is 10.1 Å². The first-order chi connectivity index (χ1) is 13.4. The molecule has 0 radical (unpaired) electrons. The normalized spacial score (nSPS) is 15.5. The number of aromatic nitrogens is 1. The van der Waals surface area contributed by atoms with Crippen LogP contribution in [0.25, 0.3) is 0 Å². The van der Waals surface area contributed by atoms with Crippen LogP contribution in [0.15, 0.2) is 47.5 Å². The first kappa shape index (κ1) is 20.4. The van der Waals surface area contributed by atoms with E-state index in [9.17, 15) is 17.2 Å². The first-order valence-electron chi connectivity index (χ1n) is 8.77. The van der Waals surface area contributed by atoms with Gasteiger partial charge in [-0.3, -0.25) is 0 Å². The second-order valence-electron chi connectivity index (χ2n) is 6.09. The van der Waals surface area contributed by atoms with Crippen molar-refractivity contribution in [2.45, 2.75) is 17.9 Å². The summed E-state index contributed by atoms with van der Waals surface area (Å²) in [7, 11) is -3.56. The number of nitrogens with one attached hydrogen (secondary N) is 1. The number of hydrogen-bond acceptors (Lipinski definition) is 6. The summed E-state index contributed by atoms with van der Waals surface area (Å²) in [5, 5.41) is 3.11. The minimum atomic E-state index is -3.56. The predicted molar refractivity (Wildman–Crippen MR) is 99.1 cm³/mol. The lowest BCUT2D eigenvalue weighted by Gasteiger charge is -2.25. The van der Waals surface area contributed by atoms with Crippen LogP contribution in [0.4, 0.5) is 14.6 Å². The van der Waals surface area contributed by atoms with Crippen LogP contribution in [0.1, 0.15) is 5.56 Å². The first-order valence-corrected chi connectivity index (χ1v) is 10.2. The highest BCUT2D eigenvalue weighted by atomic mass is 32.2. The van der Waals surface area contributed by atoms with Crippen LogP contribution in [-0.4, -0.2) is 57.2 Å². The number of nitrogens with zero attached hydrogens (tertiary/aromatic N) is 2. The summed E-state index contributed by atoms with van der Waals surface area (Å²) in [4.78, 5) is 4.31. The number of halogens is 2. The molecule has 0 amide bonds. The second kappa shape index (κ2) is 9.26. The van der Waals surface area contributed by atoms with E-state index in [4.69, 9.17) is 4.74 Å². The molecule has 0 atom stereocenters. The van der Waals surface area contributed by atoms with Gasteiger partial charge in [-0.25, -0.2) is 13.4 Å². The van der Waals surface area contributed by atoms with E-state index in [1.54, 1.807) is 18.2 Å². The summed E-state index contributed by atoms with van der Waals surface area (Å²) in [5.41, 5.74) is 0.945. The molecule has 0 aliphatic carbocycles. The number of alkyl halides is 2. The highest BCUT2D eigenvalue weighted by molar-refractivity contribution is 7.89. The van der Waals surface area contributed by atoms with E-state index < -0.39 is 16.6 Å². The van der Waals surface area contributed by atoms with Gasteiger partial charge >= 0.3 is 6.61 Å². The maximum atomic E-state index is 12.5. The zero-order chi connectivity index (χ0) is 20.0. The molecule has 7 nitrogen and oxygen atoms in total. The molecular weight excluding hydrogens is 392 g/mol. The molecule has 152 valence electrons. The number of ether oxygens (including phenoxy) is 2. The van der Waals surface area contributed by atoms with Gasteiger partial charge in [0.1, 0.15) is 16.5 Å². The van der Waals surface area contributed by atoms with Gasteiger partial charge < -0.3 is 14.8 Å². The summed E-state index contributed by atoms with van der Waals surface area (Å²) in [6, 6.07) is 9.55. The Bertz CT molecular complexity index is 855. The van der Waals surface area contributed by atoms with Gasteiger partial charge in [-0.1, -0.05) is 12.1 Å². The molecule has 1 fully saturated rings. The van der Waals surface area contributed by atoms with E-state index in [1.807, 2.05) is 0 Å². The fourth-order valence-corrected chi connectivity index (χ4v) is 4.10. The number of pyridine rings is 1. The number of benzene rings is 1. The van der Waals surface area contributed by atoms with Crippen LogP contribution in [0.2, 0.25) is 0 Å². The zero-order valence-electron chi connectivity index (χ0n) is 15.1. The Labute approximate surface area is 162 Å². The minimum absolute atomic E-state index is 0.116. The average Bonchev–Trinajstić information content (AvgIpc) is 2.70. The van der Waals surface area contributed by atoms with E-state index in [0.29, 0.717) is 45.1 Å². The van der Waals surface area contributed by atoms with Crippen LogP contribution in [0, 0.1) is 0 Å². The van der Waals surface area contributed by atoms with Crippen LogP contribution >= 0.6 is 0 Å². The molecule has 0 spiro atoms. The number of anilines is 1. The van der Waals surface area contributed by atoms with Crippen molar-refractivity contribution in [1.29, 1.82) is 0 Å². The fourth-order valence-electron chi connectivity index (χ4n) is 2.75. The largest absolute Gasteiger partial charge is 0.435 e. The van der Waals surface area contributed by atoms with Crippen molar-refractivity contribution in [3.8, 4) is 5.75 Å². The van der Waals surface area contributed by atoms with Gasteiger partial charge in [0.2, 0.25) is 10.0 Å². The molecule has 28 heavy (non-hydrogen) atoms. The number of morpholine rings is 1. The zero-order valence-corrected chi connectivity index (χ0v) is 15.9. The van der Waals surface area contributed by atoms with Gasteiger partial charge in [0.15, 0.2) is 0 Å². The third-order valence-corrected chi connectivity index (χ3v) is 6.09. The smallest absolute Gasteiger partial charge is 0.387 e. The van der Waals surface area contributed by atoms with Gasteiger partial charge in [0.05, 0.1) is 13.2 Å². The van der Waals surface area contributed by atoms with E-state index in [2.05, 4.69) is 15.0 Å². The fraction of sp³-hybridized carbons (Fsp3) is 0.389. The molecule has 2 aromatic rings. The Morgan fingerprint density at radius 2 is 1.86 bits per heavy atom. The Hall–Kier alpha value is -2.30. The summed E-state index contributed by atoms with van der Waals surface area (Å²) < 4.78 is 60.2. The molecule has 10 heteroatoms. The van der Waals surface area contributed by atoms with Gasteiger partial charge in [-0.2, -0.15) is 13.1 Å². The second-order valence-corrected chi connectivity index (χ2v) is 8.03. The lowest BCUT2D eigenvalue weighted by atomic mass is 10.1. The lowest BCUT2D eigenvalue weighted by Crippen LogP contribution is -2.40. The van der Waals surface area contributed by atoms with Gasteiger partial charge in [-0.15, -0.1) is 0 Å². The third-order valence-electron chi connectivity index (χ3n) is 4.21. The van der Waals surface area contributed by atoms with Crippen LogP contribution in [-0.2, 0) is 21.2 Å². The molecular formula is C18H21F2N3O4S. The van der Waals surface area contributed by atoms with Gasteiger partial charge in [0, 0.05) is 25.8 Å². The highest BCUT2D eigenvalue weighted by Crippen LogP contribution is 2.18. The van der Waals surface area contributed by atoms with Crippen LogP contribution in [0.3, 0.4) is 0 Å². The molecule has 3 rings (SSSR count). The Balaban J connectivity index is 1.52. The molecule has 1 aromatic carbocycles. The summed E-state index contributed by atoms with van der Waals surface area (Å²) >= 11 is 0. The third kappa shape index (κ3) is 5.37. The summed E-state index contributed by atoms with van der Waals surface area (Å²) in [5.74, 6) is 0.670. The Morgan fingerprint density at radius 1 is 1.14 bits per heavy atom. The SMILES string of the molecule is O=S(=O)(c1ccc(NCCc2ccc(OC(F)F)cc2)nc1)N1CCOCC1. The van der Waals surface area contributed by atoms with Crippen molar-refractivity contribution in [1.82, 2.24) is 9.29 Å². The molecule has 2 heterocycles. The highest BCUT2D eigenvalue weighted by Gasteiger charge is 2.26. The molecule has 1 aliphatic rings. The van der Waals surface area contributed by atoms with Crippen LogP contribution in [0.5, 0.6) is 5.75 Å². The lowest BCUT2D eigenvalue weighted by molar-refractivity contribution is -0.0498. The average molecular weight is 413 g/mol. The Kier molecular flexibility index (Phi) is 6.76. The van der Waals surface area contributed by atoms with Crippen molar-refractivity contribution in [3.63, 3.8) is 0 Å². The number of rotatable bonds is 8. The van der Waals surface area contributed by atoms with Crippen molar-refractivity contribution in [2.75, 3.05) is 38.2 Å². The molecule has 1 aliphatic heterocycles. The van der Waals surface area contributed by atoms with E-state index in [1.165, 1.54) is 28.7 Å². The Morgan fingerprint density at radius 3 is 2.46 bits per heavy atom. The standard InChI is InChI=1S/C18H21F2N3O4S/c19-18(20)27-15-3-1-14(2-4-15)7-8-21-17-6-5-16(13-22-17)28(24,25)23-9-11-26-12-10-23/h1-6,13,18H,7-12H2,(H,21,22). The summed E-state index contributed by atoms with van der Waals surface area (Å²) in [6.07, 6.45) is 1.98. The maximum absolute atomic E-state index is 12.5. The van der Waals surface area contributed by atoms with E-state index in [0.717, 1.165) is 5.56 Å². The van der Waals surface area contributed by atoms with E-state index >= 15 is 0 Å².